The van der Waals surface area contributed by atoms with Crippen LogP contribution in [-0.4, -0.2) is 76.9 Å². The molecule has 6 heterocycles. The van der Waals surface area contributed by atoms with E-state index in [2.05, 4.69) is 144 Å². The van der Waals surface area contributed by atoms with Gasteiger partial charge in [0.25, 0.3) is 0 Å². The molecule has 6 aromatic rings. The first-order chi connectivity index (χ1) is 48.2. The molecule has 10 heteroatoms. The van der Waals surface area contributed by atoms with E-state index in [1.54, 1.807) is 11.3 Å². The minimum Gasteiger partial charge on any atom is -0.0554 e. The first-order valence-electron chi connectivity index (χ1n) is 39.7. The molecule has 2 unspecified atom stereocenters. The minimum absolute atomic E-state index is 0.0361. The van der Waals surface area contributed by atoms with Gasteiger partial charge in [0, 0.05) is 0 Å². The molecule has 2 aliphatic rings. The molecule has 0 bridgehead atoms. The Balaban J connectivity index is 0.840. The zero-order chi connectivity index (χ0) is 68.8. The smallest absolute Gasteiger partial charge is 0.0197 e. The molecule has 2 atom stereocenters. The van der Waals surface area contributed by atoms with E-state index in [1.807, 2.05) is 28.1 Å². The first kappa shape index (κ1) is 79.3. The number of amides is 2. The Kier molecular flexibility index (Phi) is 37.4. The summed E-state index contributed by atoms with van der Waals surface area (Å²) >= 11 is 4.08. The van der Waals surface area contributed by atoms with Crippen LogP contribution in [0, 0.1) is 18.8 Å². The Hall–Kier alpha value is -4.40. The molecule has 0 saturated heterocycles. The summed E-state index contributed by atoms with van der Waals surface area (Å²) in [6.07, 6.45) is 56.2. The van der Waals surface area contributed by atoms with Crippen LogP contribution in [0.5, 0.6) is 11.5 Å². The van der Waals surface area contributed by atoms with E-state index in [1.165, 1.54) is 262 Å². The average Bonchev–Trinajstić information content (AvgIpc) is 1.57. The summed E-state index contributed by atoms with van der Waals surface area (Å²) in [4.78, 5) is 38.5. The van der Waals surface area contributed by atoms with Gasteiger partial charge in [0.1, 0.15) is 11.5 Å². The number of unbranched alkanes of at least 4 members (excludes halogenated alkanes) is 28. The fraction of sp³-hybridized carbons (Fsp3) is 0.591. The van der Waals surface area contributed by atoms with Gasteiger partial charge in [0.05, 0.1) is 6.61 Å². The van der Waals surface area contributed by atoms with Crippen molar-refractivity contribution in [3.63, 3.8) is 0 Å². The van der Waals surface area contributed by atoms with E-state index in [-0.39, 0.29) is 26.3 Å². The normalized spacial score (nSPS) is 14.0. The molecular weight excluding hydrogens is 1370 g/mol. The van der Waals surface area contributed by atoms with Gasteiger partial charge in [-0.2, -0.15) is 0 Å². The molecule has 0 saturated carbocycles. The summed E-state index contributed by atoms with van der Waals surface area (Å²) in [5.74, 6) is 3.33. The fourth-order valence-corrected chi connectivity index (χ4v) is 20.8. The number of aryl methyl sites for hydroxylation is 1. The van der Waals surface area contributed by atoms with Crippen LogP contribution >= 0.6 is 22.7 Å². The van der Waals surface area contributed by atoms with Gasteiger partial charge in [0.2, 0.25) is 0 Å². The Morgan fingerprint density at radius 1 is 0.378 bits per heavy atom. The van der Waals surface area contributed by atoms with Gasteiger partial charge in [-0.05, 0) is 60.1 Å². The Bertz CT molecular complexity index is 3280. The Labute approximate surface area is 615 Å². The van der Waals surface area contributed by atoms with Gasteiger partial charge < -0.3 is 4.74 Å². The Morgan fingerprint density at radius 3 is 1.16 bits per heavy atom. The van der Waals surface area contributed by atoms with Crippen LogP contribution in [0.4, 0.5) is 0 Å². The van der Waals surface area contributed by atoms with Crippen LogP contribution in [0.1, 0.15) is 308 Å². The van der Waals surface area contributed by atoms with Crippen LogP contribution < -0.4 is 9.47 Å². The van der Waals surface area contributed by atoms with E-state index in [0.29, 0.717) is 52.0 Å². The maximum atomic E-state index is 14.9. The average molecular weight is 1500 g/mol. The van der Waals surface area contributed by atoms with E-state index in [4.69, 9.17) is 9.47 Å². The third kappa shape index (κ3) is 27.1. The van der Waals surface area contributed by atoms with Gasteiger partial charge in [-0.25, -0.2) is 0 Å². The predicted molar refractivity (Wildman–Crippen MR) is 427 cm³/mol. The molecule has 98 heavy (non-hydrogen) atoms. The van der Waals surface area contributed by atoms with Crippen molar-refractivity contribution in [2.45, 2.75) is 298 Å². The number of allylic oxidation sites excluding steroid dienone is 1. The number of hydrogen-bond acceptors (Lipinski definition) is 6. The van der Waals surface area contributed by atoms with Crippen LogP contribution in [0.2, 0.25) is 0 Å². The van der Waals surface area contributed by atoms with Crippen molar-refractivity contribution >= 4 is 81.3 Å². The fourth-order valence-electron chi connectivity index (χ4n) is 14.6. The second kappa shape index (κ2) is 46.3. The van der Waals surface area contributed by atoms with Crippen molar-refractivity contribution in [3.05, 3.63) is 144 Å². The molecule has 0 N–H and O–H groups in total. The summed E-state index contributed by atoms with van der Waals surface area (Å²) in [5.41, 5.74) is 5.65. The second-order valence-electron chi connectivity index (χ2n) is 28.8. The van der Waals surface area contributed by atoms with Crippen LogP contribution in [0.3, 0.4) is 0 Å². The van der Waals surface area contributed by atoms with Crippen LogP contribution in [0.15, 0.2) is 114 Å². The second-order valence-corrected chi connectivity index (χ2v) is 35.8. The molecule has 2 amide bonds. The summed E-state index contributed by atoms with van der Waals surface area (Å²) < 4.78 is 18.3. The Morgan fingerprint density at radius 2 is 0.745 bits per heavy atom. The molecule has 2 aliphatic heterocycles. The van der Waals surface area contributed by atoms with Gasteiger partial charge in [0.15, 0.2) is 0 Å². The maximum absolute atomic E-state index is 14.9. The number of carbonyl (C=O) groups is 2. The van der Waals surface area contributed by atoms with Crippen molar-refractivity contribution < 1.29 is 19.1 Å². The third-order valence-electron chi connectivity index (χ3n) is 20.5. The number of fused-ring (bicyclic) bond motifs is 1. The maximum Gasteiger partial charge on any atom is -0.0197 e. The van der Waals surface area contributed by atoms with Gasteiger partial charge in [-0.15, -0.1) is 0 Å². The zero-order valence-corrected chi connectivity index (χ0v) is 66.9. The number of nitrogens with zero attached hydrogens (tertiary/aromatic N) is 2. The number of rotatable bonds is 55. The van der Waals surface area contributed by atoms with Gasteiger partial charge in [-0.1, -0.05) is 257 Å². The molecule has 0 aliphatic carbocycles. The van der Waals surface area contributed by atoms with Crippen molar-refractivity contribution in [2.24, 2.45) is 11.8 Å². The van der Waals surface area contributed by atoms with E-state index < -0.39 is 0 Å². The summed E-state index contributed by atoms with van der Waals surface area (Å²) in [6.45, 7) is 15.8. The molecule has 0 spiro atoms. The quantitative estimate of drug-likeness (QED) is 0.0282. The van der Waals surface area contributed by atoms with Crippen molar-refractivity contribution in [1.82, 2.24) is 9.80 Å². The summed E-state index contributed by atoms with van der Waals surface area (Å²) in [7, 11) is 0. The van der Waals surface area contributed by atoms with Crippen molar-refractivity contribution in [3.8, 4) is 30.1 Å². The van der Waals surface area contributed by atoms with Crippen LogP contribution in [0.25, 0.3) is 36.5 Å². The molecule has 536 valence electrons. The molecule has 8 rings (SSSR count). The summed E-state index contributed by atoms with van der Waals surface area (Å²) in [5, 5.41) is 0. The molecule has 0 radical (unpaired) electrons. The molecule has 0 fully saturated rings. The number of hydrogen-bond donors (Lipinski definition) is 0. The molecule has 2 aromatic carbocycles. The first-order valence-corrected chi connectivity index (χ1v) is 44.8. The predicted octanol–water partition coefficient (Wildman–Crippen LogP) is 25.8. The topological polar surface area (TPSA) is 59.1 Å². The minimum atomic E-state index is -0.0361. The SMILES string of the molecule is CCCCCCCCCCC(CCCCCCCC)Cc1ccc(OCCCCCN2C(=O)C3=C(c4ccc(-c5ccc(/C=C/c6ccc(-c7ccc(C)s7)[se]6)[se]5)s4)N(CCCCCOc4ccc(CC(CCCCCCCC)CCCCCCCCCC)cc4)C(=O)C3=C2C)cc1. The largest absolute Gasteiger partial charge is 0.0554 e. The molecule has 4 aromatic heterocycles. The van der Waals surface area contributed by atoms with Gasteiger partial charge in [-0.3, -0.25) is 0 Å². The standard InChI is InChI=1S/C88H126N2O4S2Se2/c1-7-11-15-19-23-25-29-35-43-71(41-33-27-21-17-13-9-3)67-73-46-50-75(51-47-73)93-65-39-31-37-63-89-70(6)84-85(88(89)92)86(81-60-59-80(96-81)83-62-57-78(98-83)55-54-77-56-61-82(97-77)79-58-45-69(5)95-79)90(87(84)91)64-38-32-40-66-94-76-52-48-74(49-53-76)68-72(42-34-28-22-18-14-10-4)44-36-30-26-24-20-16-12-8-2/h45-62,71-72H,7-44,63-68H2,1-6H3/b55-54+. The number of ether oxygens (including phenoxy) is 2. The monoisotopic (exact) mass is 1500 g/mol. The van der Waals surface area contributed by atoms with E-state index in [9.17, 15) is 9.59 Å². The zero-order valence-electron chi connectivity index (χ0n) is 61.8. The number of thiophene rings is 2. The van der Waals surface area contributed by atoms with Crippen LogP contribution in [-0.2, 0) is 22.4 Å². The van der Waals surface area contributed by atoms with Crippen molar-refractivity contribution in [2.75, 3.05) is 26.3 Å². The number of carbonyl (C=O) groups excluding carboxylic acids is 2. The van der Waals surface area contributed by atoms with E-state index in [0.717, 1.165) is 78.1 Å². The van der Waals surface area contributed by atoms with Gasteiger partial charge >= 0.3 is 280 Å². The summed E-state index contributed by atoms with van der Waals surface area (Å²) in [6, 6.07) is 36.0. The van der Waals surface area contributed by atoms with E-state index >= 15 is 0 Å². The third-order valence-corrected chi connectivity index (χ3v) is 27.8. The number of benzene rings is 2. The molecule has 6 nitrogen and oxygen atoms in total. The molecular formula is C88H126N2O4S2Se2. The van der Waals surface area contributed by atoms with Crippen molar-refractivity contribution in [1.29, 1.82) is 0 Å².